The first-order chi connectivity index (χ1) is 12.3. The van der Waals surface area contributed by atoms with Crippen molar-refractivity contribution in [3.8, 4) is 5.75 Å². The molecule has 2 aromatic carbocycles. The van der Waals surface area contributed by atoms with E-state index in [1.165, 1.54) is 0 Å². The molecular weight excluding hydrogens is 328 g/mol. The number of aliphatic carboxylic acids is 1. The summed E-state index contributed by atoms with van der Waals surface area (Å²) in [5.41, 5.74) is 0.819. The third kappa shape index (κ3) is 3.75. The average Bonchev–Trinajstić information content (AvgIpc) is 3.09. The van der Waals surface area contributed by atoms with Gasteiger partial charge in [-0.2, -0.15) is 0 Å². The fraction of sp³-hybridized carbons (Fsp3) is 0.409. The first-order valence-corrected chi connectivity index (χ1v) is 9.07. The van der Waals surface area contributed by atoms with E-state index >= 15 is 0 Å². The van der Waals surface area contributed by atoms with Crippen LogP contribution in [0.25, 0.3) is 0 Å². The number of fused-ring (bicyclic) bond motifs is 1. The highest BCUT2D eigenvalue weighted by Crippen LogP contribution is 2.42. The Balaban J connectivity index is 1.82. The normalized spacial score (nSPS) is 15.8. The third-order valence-electron chi connectivity index (χ3n) is 5.25. The Bertz CT molecular complexity index is 782. The van der Waals surface area contributed by atoms with Crippen molar-refractivity contribution in [3.05, 3.63) is 65.2 Å². The van der Waals surface area contributed by atoms with Crippen molar-refractivity contribution >= 4 is 5.97 Å². The summed E-state index contributed by atoms with van der Waals surface area (Å²) < 4.78 is 5.79. The predicted octanol–water partition coefficient (Wildman–Crippen LogP) is 3.74. The molecule has 0 aromatic heterocycles. The minimum Gasteiger partial charge on any atom is -0.493 e. The van der Waals surface area contributed by atoms with E-state index < -0.39 is 17.0 Å². The highest BCUT2D eigenvalue weighted by atomic mass is 16.5. The summed E-state index contributed by atoms with van der Waals surface area (Å²) in [7, 11) is 0. The largest absolute Gasteiger partial charge is 0.493 e. The van der Waals surface area contributed by atoms with Gasteiger partial charge in [0.25, 0.3) is 0 Å². The van der Waals surface area contributed by atoms with E-state index in [4.69, 9.17) is 4.74 Å². The first kappa shape index (κ1) is 18.5. The molecule has 0 aliphatic carbocycles. The molecule has 138 valence electrons. The maximum Gasteiger partial charge on any atom is 0.335 e. The van der Waals surface area contributed by atoms with Crippen LogP contribution in [0.5, 0.6) is 5.75 Å². The molecule has 0 saturated carbocycles. The highest BCUT2D eigenvalue weighted by Gasteiger charge is 2.42. The van der Waals surface area contributed by atoms with Crippen LogP contribution >= 0.6 is 0 Å². The minimum atomic E-state index is -1.79. The van der Waals surface area contributed by atoms with Gasteiger partial charge in [-0.25, -0.2) is 4.79 Å². The zero-order valence-electron chi connectivity index (χ0n) is 15.4. The van der Waals surface area contributed by atoms with Crippen molar-refractivity contribution in [1.82, 2.24) is 0 Å². The molecule has 0 radical (unpaired) electrons. The molecule has 0 saturated heterocycles. The number of para-hydroxylation sites is 1. The summed E-state index contributed by atoms with van der Waals surface area (Å²) in [5, 5.41) is 20.7. The number of carboxylic acid groups (broad SMARTS) is 1. The van der Waals surface area contributed by atoms with E-state index in [9.17, 15) is 15.0 Å². The van der Waals surface area contributed by atoms with E-state index in [0.717, 1.165) is 28.9 Å². The number of hydrogen-bond donors (Lipinski definition) is 2. The van der Waals surface area contributed by atoms with Gasteiger partial charge in [0.05, 0.1) is 6.61 Å². The monoisotopic (exact) mass is 354 g/mol. The Labute approximate surface area is 154 Å². The van der Waals surface area contributed by atoms with Crippen LogP contribution in [0.2, 0.25) is 0 Å². The lowest BCUT2D eigenvalue weighted by molar-refractivity contribution is -0.161. The maximum absolute atomic E-state index is 11.9. The van der Waals surface area contributed by atoms with Crippen molar-refractivity contribution in [2.75, 3.05) is 6.61 Å². The molecule has 26 heavy (non-hydrogen) atoms. The third-order valence-corrected chi connectivity index (χ3v) is 5.25. The summed E-state index contributed by atoms with van der Waals surface area (Å²) in [6, 6.07) is 15.7. The second-order valence-electron chi connectivity index (χ2n) is 7.78. The number of aryl methyl sites for hydroxylation is 1. The number of rotatable bonds is 7. The number of carboxylic acids is 1. The molecule has 0 fully saturated rings. The second kappa shape index (κ2) is 7.12. The van der Waals surface area contributed by atoms with Crippen molar-refractivity contribution < 1.29 is 19.7 Å². The van der Waals surface area contributed by atoms with Crippen LogP contribution in [0.3, 0.4) is 0 Å². The molecule has 1 unspecified atom stereocenters. The lowest BCUT2D eigenvalue weighted by Crippen LogP contribution is -2.44. The van der Waals surface area contributed by atoms with Crippen LogP contribution in [-0.4, -0.2) is 28.4 Å². The van der Waals surface area contributed by atoms with E-state index in [1.807, 2.05) is 62.4 Å². The molecule has 0 amide bonds. The number of hydrogen-bond acceptors (Lipinski definition) is 3. The number of carbonyl (C=O) groups is 1. The fourth-order valence-corrected chi connectivity index (χ4v) is 3.84. The topological polar surface area (TPSA) is 66.8 Å². The summed E-state index contributed by atoms with van der Waals surface area (Å²) in [4.78, 5) is 11.9. The molecule has 0 spiro atoms. The van der Waals surface area contributed by atoms with Crippen LogP contribution in [0.4, 0.5) is 0 Å². The van der Waals surface area contributed by atoms with Gasteiger partial charge >= 0.3 is 5.97 Å². The number of benzene rings is 2. The Morgan fingerprint density at radius 3 is 2.54 bits per heavy atom. The van der Waals surface area contributed by atoms with Crippen molar-refractivity contribution in [2.45, 2.75) is 50.5 Å². The van der Waals surface area contributed by atoms with Crippen LogP contribution in [0, 0.1) is 0 Å². The van der Waals surface area contributed by atoms with Gasteiger partial charge in [-0.1, -0.05) is 62.4 Å². The Hall–Kier alpha value is -2.33. The average molecular weight is 354 g/mol. The van der Waals surface area contributed by atoms with Gasteiger partial charge in [0.15, 0.2) is 5.60 Å². The summed E-state index contributed by atoms with van der Waals surface area (Å²) >= 11 is 0. The maximum atomic E-state index is 11.9. The van der Waals surface area contributed by atoms with E-state index in [2.05, 4.69) is 0 Å². The lowest BCUT2D eigenvalue weighted by Gasteiger charge is -2.34. The second-order valence-corrected chi connectivity index (χ2v) is 7.78. The van der Waals surface area contributed by atoms with Gasteiger partial charge in [0, 0.05) is 12.0 Å². The lowest BCUT2D eigenvalue weighted by atomic mass is 9.73. The highest BCUT2D eigenvalue weighted by molar-refractivity contribution is 5.77. The SMILES string of the molecule is CC(C)(CC(O)(CCc1ccccc1)C(=O)O)c1cccc2c1OCC2. The van der Waals surface area contributed by atoms with E-state index in [1.54, 1.807) is 0 Å². The predicted molar refractivity (Wildman–Crippen MR) is 101 cm³/mol. The molecular formula is C22H26O4. The standard InChI is InChI=1S/C22H26O4/c1-21(2,18-10-6-9-17-12-14-26-19(17)18)15-22(25,20(23)24)13-11-16-7-4-3-5-8-16/h3-10,25H,11-15H2,1-2H3,(H,23,24). The fourth-order valence-electron chi connectivity index (χ4n) is 3.84. The molecule has 4 heteroatoms. The zero-order valence-corrected chi connectivity index (χ0v) is 15.4. The number of ether oxygens (including phenoxy) is 1. The van der Waals surface area contributed by atoms with Crippen LogP contribution in [0.1, 0.15) is 43.4 Å². The van der Waals surface area contributed by atoms with Crippen LogP contribution in [-0.2, 0) is 23.1 Å². The number of aliphatic hydroxyl groups is 1. The van der Waals surface area contributed by atoms with E-state index in [0.29, 0.717) is 13.0 Å². The van der Waals surface area contributed by atoms with Crippen LogP contribution < -0.4 is 4.74 Å². The van der Waals surface area contributed by atoms with Gasteiger partial charge < -0.3 is 14.9 Å². The van der Waals surface area contributed by atoms with Gasteiger partial charge in [0.1, 0.15) is 5.75 Å². The molecule has 2 aromatic rings. The van der Waals surface area contributed by atoms with E-state index in [-0.39, 0.29) is 12.8 Å². The molecule has 1 heterocycles. The Morgan fingerprint density at radius 1 is 1.12 bits per heavy atom. The Morgan fingerprint density at radius 2 is 1.85 bits per heavy atom. The zero-order chi connectivity index (χ0) is 18.8. The minimum absolute atomic E-state index is 0.127. The Kier molecular flexibility index (Phi) is 5.05. The van der Waals surface area contributed by atoms with Crippen molar-refractivity contribution in [1.29, 1.82) is 0 Å². The smallest absolute Gasteiger partial charge is 0.335 e. The quantitative estimate of drug-likeness (QED) is 0.795. The van der Waals surface area contributed by atoms with Gasteiger partial charge in [-0.3, -0.25) is 0 Å². The molecule has 2 N–H and O–H groups in total. The molecule has 0 bridgehead atoms. The van der Waals surface area contributed by atoms with Gasteiger partial charge in [0.2, 0.25) is 0 Å². The summed E-state index contributed by atoms with van der Waals surface area (Å²) in [6.45, 7) is 4.60. The van der Waals surface area contributed by atoms with Gasteiger partial charge in [-0.15, -0.1) is 0 Å². The summed E-state index contributed by atoms with van der Waals surface area (Å²) in [5.74, 6) is -0.316. The van der Waals surface area contributed by atoms with Crippen molar-refractivity contribution in [2.24, 2.45) is 0 Å². The van der Waals surface area contributed by atoms with Gasteiger partial charge in [-0.05, 0) is 35.8 Å². The molecule has 1 aliphatic heterocycles. The molecule has 1 aliphatic rings. The van der Waals surface area contributed by atoms with Crippen LogP contribution in [0.15, 0.2) is 48.5 Å². The molecule has 1 atom stereocenters. The summed E-state index contributed by atoms with van der Waals surface area (Å²) in [6.07, 6.45) is 1.69. The molecule has 4 nitrogen and oxygen atoms in total. The first-order valence-electron chi connectivity index (χ1n) is 9.07. The molecule has 3 rings (SSSR count). The van der Waals surface area contributed by atoms with Crippen molar-refractivity contribution in [3.63, 3.8) is 0 Å².